The summed E-state index contributed by atoms with van der Waals surface area (Å²) in [6.45, 7) is 3.33. The Kier molecular flexibility index (Phi) is 6.84. The largest absolute Gasteiger partial charge is 0.489 e. The zero-order valence-corrected chi connectivity index (χ0v) is 24.1. The van der Waals surface area contributed by atoms with Crippen molar-refractivity contribution < 1.29 is 36.7 Å². The Morgan fingerprint density at radius 2 is 1.89 bits per heavy atom. The number of benzene rings is 3. The van der Waals surface area contributed by atoms with E-state index in [2.05, 4.69) is 10.1 Å². The maximum absolute atomic E-state index is 14.4. The number of carbonyl (C=O) groups is 1. The molecule has 0 amide bonds. The molecule has 3 heterocycles. The minimum Gasteiger partial charge on any atom is -0.489 e. The number of alkyl halides is 3. The van der Waals surface area contributed by atoms with Crippen LogP contribution in [0.4, 0.5) is 22.7 Å². The van der Waals surface area contributed by atoms with Crippen molar-refractivity contribution in [3.63, 3.8) is 0 Å². The number of rotatable bonds is 8. The molecule has 44 heavy (non-hydrogen) atoms. The third-order valence-electron chi connectivity index (χ3n) is 8.15. The third-order valence-corrected chi connectivity index (χ3v) is 9.22. The van der Waals surface area contributed by atoms with Gasteiger partial charge in [-0.3, -0.25) is 0 Å². The van der Waals surface area contributed by atoms with Gasteiger partial charge in [-0.1, -0.05) is 40.8 Å². The first-order valence-corrected chi connectivity index (χ1v) is 14.8. The Hall–Kier alpha value is -4.45. The summed E-state index contributed by atoms with van der Waals surface area (Å²) in [7, 11) is 0. The second kappa shape index (κ2) is 10.6. The summed E-state index contributed by atoms with van der Waals surface area (Å²) in [5.74, 6) is -0.349. The van der Waals surface area contributed by atoms with Gasteiger partial charge >= 0.3 is 12.1 Å². The standard InChI is InChI=1S/C32H25F4N3O4S/c1-16-10-20(42-15-23-27(38-43-29(23)17-6-7-17)22-4-2-3-5-24(22)32(34,35)36)8-9-21(16)19-13-39(14-19)31-37-28-25(33)11-18(30(40)41)12-26(28)44-31/h2-5,8-12,17,19H,6-7,13-15H2,1H3,(H,40,41). The molecule has 1 N–H and O–H groups in total. The summed E-state index contributed by atoms with van der Waals surface area (Å²) in [6, 6.07) is 13.5. The summed E-state index contributed by atoms with van der Waals surface area (Å²) in [4.78, 5) is 17.7. The number of carboxylic acid groups (broad SMARTS) is 1. The Labute approximate surface area is 252 Å². The summed E-state index contributed by atoms with van der Waals surface area (Å²) < 4.78 is 67.9. The summed E-state index contributed by atoms with van der Waals surface area (Å²) in [6.07, 6.45) is -2.75. The van der Waals surface area contributed by atoms with Gasteiger partial charge in [0, 0.05) is 30.5 Å². The Bertz CT molecular complexity index is 1910. The molecule has 1 aliphatic carbocycles. The molecule has 2 fully saturated rings. The highest BCUT2D eigenvalue weighted by Gasteiger charge is 2.38. The number of aryl methyl sites for hydroxylation is 1. The molecular weight excluding hydrogens is 598 g/mol. The fraction of sp³-hybridized carbons (Fsp3) is 0.281. The fourth-order valence-corrected chi connectivity index (χ4v) is 6.73. The number of nitrogens with zero attached hydrogens (tertiary/aromatic N) is 3. The van der Waals surface area contributed by atoms with E-state index in [9.17, 15) is 27.5 Å². The lowest BCUT2D eigenvalue weighted by molar-refractivity contribution is -0.137. The number of carboxylic acids is 1. The molecule has 226 valence electrons. The van der Waals surface area contributed by atoms with Gasteiger partial charge in [-0.05, 0) is 61.2 Å². The highest BCUT2D eigenvalue weighted by molar-refractivity contribution is 7.22. The number of hydrogen-bond donors (Lipinski definition) is 1. The predicted octanol–water partition coefficient (Wildman–Crippen LogP) is 8.18. The number of aromatic carboxylic acids is 1. The van der Waals surface area contributed by atoms with E-state index in [-0.39, 0.29) is 40.8 Å². The molecule has 0 atom stereocenters. The van der Waals surface area contributed by atoms with Crippen LogP contribution in [0.25, 0.3) is 21.5 Å². The summed E-state index contributed by atoms with van der Waals surface area (Å²) in [5, 5.41) is 13.9. The fourth-order valence-electron chi connectivity index (χ4n) is 5.69. The molecule has 0 unspecified atom stereocenters. The number of halogens is 4. The summed E-state index contributed by atoms with van der Waals surface area (Å²) in [5.41, 5.74) is 2.06. The molecule has 0 bridgehead atoms. The van der Waals surface area contributed by atoms with Crippen LogP contribution in [-0.2, 0) is 12.8 Å². The lowest BCUT2D eigenvalue weighted by Gasteiger charge is -2.40. The number of fused-ring (bicyclic) bond motifs is 1. The average Bonchev–Trinajstić information content (AvgIpc) is 3.57. The molecule has 12 heteroatoms. The molecule has 1 saturated carbocycles. The van der Waals surface area contributed by atoms with E-state index in [4.69, 9.17) is 9.26 Å². The van der Waals surface area contributed by atoms with Crippen LogP contribution in [0.1, 0.15) is 63.0 Å². The van der Waals surface area contributed by atoms with E-state index in [0.717, 1.165) is 36.1 Å². The van der Waals surface area contributed by atoms with Crippen LogP contribution in [0.3, 0.4) is 0 Å². The van der Waals surface area contributed by atoms with Gasteiger partial charge in [0.1, 0.15) is 29.3 Å². The van der Waals surface area contributed by atoms with Gasteiger partial charge in [0.2, 0.25) is 0 Å². The van der Waals surface area contributed by atoms with Gasteiger partial charge in [0.15, 0.2) is 10.9 Å². The van der Waals surface area contributed by atoms with Crippen molar-refractivity contribution in [2.45, 2.75) is 44.4 Å². The van der Waals surface area contributed by atoms with Gasteiger partial charge < -0.3 is 19.3 Å². The number of anilines is 1. The van der Waals surface area contributed by atoms with Crippen LogP contribution in [-0.4, -0.2) is 34.3 Å². The van der Waals surface area contributed by atoms with Crippen LogP contribution in [0.5, 0.6) is 5.75 Å². The Morgan fingerprint density at radius 3 is 2.59 bits per heavy atom. The maximum atomic E-state index is 14.4. The molecule has 3 aromatic carbocycles. The second-order valence-electron chi connectivity index (χ2n) is 11.2. The second-order valence-corrected chi connectivity index (χ2v) is 12.2. The molecule has 5 aromatic rings. The van der Waals surface area contributed by atoms with Crippen molar-refractivity contribution in [3.8, 4) is 17.0 Å². The lowest BCUT2D eigenvalue weighted by atomic mass is 9.89. The van der Waals surface area contributed by atoms with E-state index in [1.54, 1.807) is 6.07 Å². The monoisotopic (exact) mass is 623 g/mol. The Morgan fingerprint density at radius 1 is 1.11 bits per heavy atom. The zero-order chi connectivity index (χ0) is 30.7. The lowest BCUT2D eigenvalue weighted by Crippen LogP contribution is -2.45. The van der Waals surface area contributed by atoms with E-state index in [1.807, 2.05) is 30.0 Å². The van der Waals surface area contributed by atoms with E-state index < -0.39 is 23.5 Å². The number of aromatic nitrogens is 2. The molecule has 7 nitrogen and oxygen atoms in total. The number of ether oxygens (including phenoxy) is 1. The molecule has 2 aromatic heterocycles. The van der Waals surface area contributed by atoms with Crippen molar-refractivity contribution >= 4 is 32.7 Å². The molecule has 7 rings (SSSR count). The highest BCUT2D eigenvalue weighted by Crippen LogP contribution is 2.46. The first-order valence-electron chi connectivity index (χ1n) is 14.0. The molecule has 2 aliphatic rings. The normalized spacial score (nSPS) is 15.5. The summed E-state index contributed by atoms with van der Waals surface area (Å²) >= 11 is 1.26. The van der Waals surface area contributed by atoms with Crippen LogP contribution in [0.15, 0.2) is 59.1 Å². The van der Waals surface area contributed by atoms with Gasteiger partial charge in [0.25, 0.3) is 0 Å². The van der Waals surface area contributed by atoms with Crippen LogP contribution in [0.2, 0.25) is 0 Å². The van der Waals surface area contributed by atoms with Gasteiger partial charge in [-0.25, -0.2) is 14.2 Å². The highest BCUT2D eigenvalue weighted by atomic mass is 32.1. The van der Waals surface area contributed by atoms with Gasteiger partial charge in [0.05, 0.1) is 21.4 Å². The smallest absolute Gasteiger partial charge is 0.417 e. The molecule has 1 aliphatic heterocycles. The predicted molar refractivity (Wildman–Crippen MR) is 156 cm³/mol. The minimum atomic E-state index is -4.54. The quantitative estimate of drug-likeness (QED) is 0.174. The molecule has 1 saturated heterocycles. The SMILES string of the molecule is Cc1cc(OCc2c(-c3ccccc3C(F)(F)F)noc2C2CC2)ccc1C1CN(c2nc3c(F)cc(C(=O)O)cc3s2)C1. The van der Waals surface area contributed by atoms with Crippen molar-refractivity contribution in [2.24, 2.45) is 0 Å². The zero-order valence-electron chi connectivity index (χ0n) is 23.3. The number of hydrogen-bond acceptors (Lipinski definition) is 7. The van der Waals surface area contributed by atoms with Gasteiger partial charge in [-0.2, -0.15) is 13.2 Å². The van der Waals surface area contributed by atoms with Crippen molar-refractivity contribution in [2.75, 3.05) is 18.0 Å². The van der Waals surface area contributed by atoms with E-state index in [1.165, 1.54) is 29.5 Å². The topological polar surface area (TPSA) is 88.7 Å². The first kappa shape index (κ1) is 28.3. The molecular formula is C32H25F4N3O4S. The van der Waals surface area contributed by atoms with Gasteiger partial charge in [-0.15, -0.1) is 0 Å². The van der Waals surface area contributed by atoms with Crippen LogP contribution >= 0.6 is 11.3 Å². The van der Waals surface area contributed by atoms with Crippen LogP contribution in [0, 0.1) is 12.7 Å². The van der Waals surface area contributed by atoms with E-state index in [0.29, 0.717) is 40.0 Å². The van der Waals surface area contributed by atoms with Crippen LogP contribution < -0.4 is 9.64 Å². The van der Waals surface area contributed by atoms with Crippen molar-refractivity contribution in [1.82, 2.24) is 10.1 Å². The average molecular weight is 624 g/mol. The molecule has 0 radical (unpaired) electrons. The number of thiazole rings is 1. The maximum Gasteiger partial charge on any atom is 0.417 e. The van der Waals surface area contributed by atoms with Crippen molar-refractivity contribution in [1.29, 1.82) is 0 Å². The minimum absolute atomic E-state index is 0.0185. The van der Waals surface area contributed by atoms with E-state index >= 15 is 0 Å². The Balaban J connectivity index is 1.06. The third kappa shape index (κ3) is 5.17. The first-order chi connectivity index (χ1) is 21.1. The van der Waals surface area contributed by atoms with Crippen molar-refractivity contribution in [3.05, 3.63) is 94.0 Å². The molecule has 0 spiro atoms.